The first kappa shape index (κ1) is 42.7. The maximum Gasteiger partial charge on any atom is 0.148 e. The van der Waals surface area contributed by atoms with Crippen molar-refractivity contribution >= 4 is 32.9 Å². The van der Waals surface area contributed by atoms with Crippen LogP contribution in [0.2, 0.25) is 0 Å². The standard InChI is InChI=1S/C50H70N2O2S/c1-3-5-7-9-11-13-15-17-19-21-23-25-35-53-47-33-31-41-37-45(29-27-43(41)39-47)49-51-52-50(55-49)46-30-28-44-40-48(34-32-42(44)38-46)54-36-26-24-22-20-18-16-14-12-10-8-6-4-2/h27-34,37-40H,3-26,35-36H2,1-2H3. The van der Waals surface area contributed by atoms with Crippen molar-refractivity contribution in [3.8, 4) is 32.6 Å². The second kappa shape index (κ2) is 25.7. The molecule has 0 aliphatic rings. The molecule has 0 saturated heterocycles. The maximum atomic E-state index is 6.13. The van der Waals surface area contributed by atoms with Crippen LogP contribution in [0.25, 0.3) is 42.7 Å². The summed E-state index contributed by atoms with van der Waals surface area (Å²) < 4.78 is 12.3. The predicted octanol–water partition coefficient (Wildman–Crippen LogP) is 16.3. The number of rotatable bonds is 30. The molecule has 1 aromatic heterocycles. The van der Waals surface area contributed by atoms with Crippen LogP contribution in [0.3, 0.4) is 0 Å². The molecule has 298 valence electrons. The highest BCUT2D eigenvalue weighted by molar-refractivity contribution is 7.17. The van der Waals surface area contributed by atoms with Crippen LogP contribution in [0, 0.1) is 0 Å². The van der Waals surface area contributed by atoms with Crippen molar-refractivity contribution in [1.29, 1.82) is 0 Å². The largest absolute Gasteiger partial charge is 0.494 e. The fraction of sp³-hybridized carbons (Fsp3) is 0.560. The maximum absolute atomic E-state index is 6.13. The van der Waals surface area contributed by atoms with Gasteiger partial charge in [0.2, 0.25) is 0 Å². The van der Waals surface area contributed by atoms with Crippen LogP contribution in [-0.4, -0.2) is 23.4 Å². The third kappa shape index (κ3) is 15.6. The number of nitrogens with zero attached hydrogens (tertiary/aromatic N) is 2. The van der Waals surface area contributed by atoms with E-state index in [0.717, 1.165) is 58.7 Å². The van der Waals surface area contributed by atoms with Gasteiger partial charge in [-0.15, -0.1) is 10.2 Å². The van der Waals surface area contributed by atoms with E-state index in [0.29, 0.717) is 0 Å². The van der Waals surface area contributed by atoms with Gasteiger partial charge in [-0.2, -0.15) is 0 Å². The first-order valence-corrected chi connectivity index (χ1v) is 23.2. The number of benzene rings is 4. The summed E-state index contributed by atoms with van der Waals surface area (Å²) in [5.74, 6) is 1.91. The Bertz CT molecular complexity index is 1650. The Balaban J connectivity index is 0.993. The van der Waals surface area contributed by atoms with E-state index in [1.165, 1.54) is 163 Å². The molecule has 5 heteroatoms. The number of hydrogen-bond acceptors (Lipinski definition) is 5. The number of aromatic nitrogens is 2. The summed E-state index contributed by atoms with van der Waals surface area (Å²) in [5.41, 5.74) is 2.19. The van der Waals surface area contributed by atoms with Crippen LogP contribution < -0.4 is 9.47 Å². The Kier molecular flexibility index (Phi) is 19.9. The van der Waals surface area contributed by atoms with Crippen molar-refractivity contribution in [2.45, 2.75) is 168 Å². The van der Waals surface area contributed by atoms with E-state index >= 15 is 0 Å². The van der Waals surface area contributed by atoms with Crippen molar-refractivity contribution in [2.24, 2.45) is 0 Å². The molecule has 0 bridgehead atoms. The van der Waals surface area contributed by atoms with Gasteiger partial charge >= 0.3 is 0 Å². The second-order valence-electron chi connectivity index (χ2n) is 15.8. The molecule has 0 unspecified atom stereocenters. The molecular weight excluding hydrogens is 693 g/mol. The monoisotopic (exact) mass is 763 g/mol. The van der Waals surface area contributed by atoms with Crippen LogP contribution in [0.1, 0.15) is 168 Å². The number of ether oxygens (including phenoxy) is 2. The molecule has 0 fully saturated rings. The average molecular weight is 763 g/mol. The second-order valence-corrected chi connectivity index (χ2v) is 16.8. The van der Waals surface area contributed by atoms with Crippen LogP contribution >= 0.6 is 11.3 Å². The minimum absolute atomic E-state index is 0.789. The molecule has 1 heterocycles. The molecule has 5 aromatic rings. The van der Waals surface area contributed by atoms with E-state index in [9.17, 15) is 0 Å². The third-order valence-corrected chi connectivity index (χ3v) is 12.1. The van der Waals surface area contributed by atoms with Gasteiger partial charge in [-0.05, 0) is 70.8 Å². The summed E-state index contributed by atoms with van der Waals surface area (Å²) in [6, 6.07) is 25.9. The topological polar surface area (TPSA) is 44.2 Å². The van der Waals surface area contributed by atoms with Gasteiger partial charge in [-0.3, -0.25) is 0 Å². The molecule has 0 saturated carbocycles. The summed E-state index contributed by atoms with van der Waals surface area (Å²) >= 11 is 1.64. The first-order valence-electron chi connectivity index (χ1n) is 22.4. The Morgan fingerprint density at radius 1 is 0.364 bits per heavy atom. The molecule has 4 aromatic carbocycles. The minimum Gasteiger partial charge on any atom is -0.494 e. The zero-order chi connectivity index (χ0) is 38.2. The Hall–Kier alpha value is -3.44. The highest BCUT2D eigenvalue weighted by Crippen LogP contribution is 2.34. The highest BCUT2D eigenvalue weighted by atomic mass is 32.1. The lowest BCUT2D eigenvalue weighted by Crippen LogP contribution is -1.97. The Morgan fingerprint density at radius 3 is 1.04 bits per heavy atom. The summed E-state index contributed by atoms with van der Waals surface area (Å²) in [5, 5.41) is 15.8. The van der Waals surface area contributed by atoms with Crippen molar-refractivity contribution in [1.82, 2.24) is 10.2 Å². The Morgan fingerprint density at radius 2 is 0.673 bits per heavy atom. The van der Waals surface area contributed by atoms with Gasteiger partial charge in [0.1, 0.15) is 21.5 Å². The summed E-state index contributed by atoms with van der Waals surface area (Å²) in [6.07, 6.45) is 32.6. The lowest BCUT2D eigenvalue weighted by Gasteiger charge is -2.08. The van der Waals surface area contributed by atoms with Crippen molar-refractivity contribution in [2.75, 3.05) is 13.2 Å². The molecule has 0 aliphatic heterocycles. The van der Waals surface area contributed by atoms with E-state index in [1.807, 2.05) is 0 Å². The van der Waals surface area contributed by atoms with Crippen LogP contribution in [0.5, 0.6) is 11.5 Å². The smallest absolute Gasteiger partial charge is 0.148 e. The molecule has 4 nitrogen and oxygen atoms in total. The minimum atomic E-state index is 0.789. The van der Waals surface area contributed by atoms with Crippen LogP contribution in [-0.2, 0) is 0 Å². The lowest BCUT2D eigenvalue weighted by atomic mass is 10.1. The van der Waals surface area contributed by atoms with Crippen molar-refractivity contribution < 1.29 is 9.47 Å². The summed E-state index contributed by atoms with van der Waals surface area (Å²) in [6.45, 7) is 6.16. The van der Waals surface area contributed by atoms with Gasteiger partial charge in [0.25, 0.3) is 0 Å². The van der Waals surface area contributed by atoms with E-state index < -0.39 is 0 Å². The van der Waals surface area contributed by atoms with Crippen LogP contribution in [0.15, 0.2) is 72.8 Å². The van der Waals surface area contributed by atoms with Gasteiger partial charge in [0.15, 0.2) is 0 Å². The number of unbranched alkanes of at least 4 members (excludes halogenated alkanes) is 22. The summed E-state index contributed by atoms with van der Waals surface area (Å²) in [4.78, 5) is 0. The zero-order valence-corrected chi connectivity index (χ0v) is 35.2. The molecule has 0 N–H and O–H groups in total. The molecular formula is C50H70N2O2S. The Labute approximate surface area is 337 Å². The molecule has 5 rings (SSSR count). The van der Waals surface area contributed by atoms with Gasteiger partial charge < -0.3 is 9.47 Å². The summed E-state index contributed by atoms with van der Waals surface area (Å²) in [7, 11) is 0. The molecule has 55 heavy (non-hydrogen) atoms. The van der Waals surface area contributed by atoms with Crippen molar-refractivity contribution in [3.05, 3.63) is 72.8 Å². The van der Waals surface area contributed by atoms with Crippen molar-refractivity contribution in [3.63, 3.8) is 0 Å². The average Bonchev–Trinajstić information content (AvgIpc) is 3.71. The van der Waals surface area contributed by atoms with Gasteiger partial charge in [-0.25, -0.2) is 0 Å². The van der Waals surface area contributed by atoms with E-state index in [4.69, 9.17) is 9.47 Å². The van der Waals surface area contributed by atoms with E-state index in [1.54, 1.807) is 11.3 Å². The fourth-order valence-electron chi connectivity index (χ4n) is 7.62. The number of fused-ring (bicyclic) bond motifs is 2. The predicted molar refractivity (Wildman–Crippen MR) is 239 cm³/mol. The van der Waals surface area contributed by atoms with Gasteiger partial charge in [0.05, 0.1) is 13.2 Å². The molecule has 0 spiro atoms. The van der Waals surface area contributed by atoms with E-state index in [2.05, 4.69) is 96.8 Å². The molecule has 0 aliphatic carbocycles. The lowest BCUT2D eigenvalue weighted by molar-refractivity contribution is 0.304. The van der Waals surface area contributed by atoms with Gasteiger partial charge in [0, 0.05) is 11.1 Å². The normalized spacial score (nSPS) is 11.5. The highest BCUT2D eigenvalue weighted by Gasteiger charge is 2.11. The SMILES string of the molecule is CCCCCCCCCCCCCCOc1ccc2cc(-c3nnc(-c4ccc5cc(OCCCCCCCCCCCCCC)ccc5c4)s3)ccc2c1. The number of hydrogen-bond donors (Lipinski definition) is 0. The molecule has 0 atom stereocenters. The zero-order valence-electron chi connectivity index (χ0n) is 34.4. The third-order valence-electron chi connectivity index (χ3n) is 11.1. The fourth-order valence-corrected chi connectivity index (χ4v) is 8.45. The quantitative estimate of drug-likeness (QED) is 0.0437. The first-order chi connectivity index (χ1) is 27.2. The molecule has 0 radical (unpaired) electrons. The van der Waals surface area contributed by atoms with Gasteiger partial charge in [-0.1, -0.05) is 203 Å². The van der Waals surface area contributed by atoms with Crippen LogP contribution in [0.4, 0.5) is 0 Å². The van der Waals surface area contributed by atoms with E-state index in [-0.39, 0.29) is 0 Å². The molecule has 0 amide bonds.